The number of hydrogen-bond acceptors (Lipinski definition) is 5. The van der Waals surface area contributed by atoms with E-state index in [0.29, 0.717) is 30.3 Å². The average molecular weight is 368 g/mol. The second-order valence-corrected chi connectivity index (χ2v) is 8.28. The summed E-state index contributed by atoms with van der Waals surface area (Å²) in [7, 11) is -2.36. The van der Waals surface area contributed by atoms with Crippen molar-refractivity contribution in [3.8, 4) is 0 Å². The molecule has 1 fully saturated rings. The fourth-order valence-corrected chi connectivity index (χ4v) is 3.61. The minimum Gasteiger partial charge on any atom is -0.465 e. The smallest absolute Gasteiger partial charge is 0.337 e. The van der Waals surface area contributed by atoms with Crippen LogP contribution in [0, 0.1) is 5.92 Å². The second kappa shape index (κ2) is 7.86. The van der Waals surface area contributed by atoms with Crippen LogP contribution in [0.5, 0.6) is 0 Å². The van der Waals surface area contributed by atoms with Crippen molar-refractivity contribution in [2.24, 2.45) is 5.92 Å². The number of hydrogen-bond donors (Lipinski definition) is 0. The average Bonchev–Trinajstić information content (AvgIpc) is 2.58. The van der Waals surface area contributed by atoms with Gasteiger partial charge < -0.3 is 9.64 Å². The molecule has 0 unspecified atom stereocenters. The number of amides is 1. The third-order valence-electron chi connectivity index (χ3n) is 4.39. The third-order valence-corrected chi connectivity index (χ3v) is 5.53. The molecule has 0 spiro atoms. The number of nitrogens with zero attached hydrogens (tertiary/aromatic N) is 2. The largest absolute Gasteiger partial charge is 0.465 e. The lowest BCUT2D eigenvalue weighted by atomic mass is 9.99. The molecule has 2 rings (SSSR count). The van der Waals surface area contributed by atoms with Gasteiger partial charge in [0.2, 0.25) is 15.9 Å². The van der Waals surface area contributed by atoms with Crippen LogP contribution in [0.4, 0.5) is 5.69 Å². The molecule has 1 aromatic carbocycles. The highest BCUT2D eigenvalue weighted by molar-refractivity contribution is 7.92. The van der Waals surface area contributed by atoms with Gasteiger partial charge in [0, 0.05) is 13.1 Å². The van der Waals surface area contributed by atoms with E-state index in [9.17, 15) is 18.0 Å². The van der Waals surface area contributed by atoms with Gasteiger partial charge in [0.15, 0.2) is 0 Å². The van der Waals surface area contributed by atoms with Gasteiger partial charge in [-0.1, -0.05) is 6.92 Å². The summed E-state index contributed by atoms with van der Waals surface area (Å²) in [6.07, 6.45) is 2.92. The van der Waals surface area contributed by atoms with Gasteiger partial charge in [0.05, 0.1) is 24.6 Å². The molecule has 1 aromatic rings. The van der Waals surface area contributed by atoms with Crippen LogP contribution in [0.15, 0.2) is 24.3 Å². The first-order valence-electron chi connectivity index (χ1n) is 8.16. The van der Waals surface area contributed by atoms with E-state index in [1.54, 1.807) is 4.90 Å². The minimum absolute atomic E-state index is 0.214. The molecule has 0 N–H and O–H groups in total. The van der Waals surface area contributed by atoms with Crippen LogP contribution in [-0.2, 0) is 19.6 Å². The van der Waals surface area contributed by atoms with Gasteiger partial charge in [-0.3, -0.25) is 9.10 Å². The SMILES string of the molecule is COC(=O)c1ccc(N(CC(=O)N2CCC(C)CC2)S(C)(=O)=O)cc1. The second-order valence-electron chi connectivity index (χ2n) is 6.37. The molecule has 25 heavy (non-hydrogen) atoms. The third kappa shape index (κ3) is 4.94. The monoisotopic (exact) mass is 368 g/mol. The first-order valence-corrected chi connectivity index (χ1v) is 10.0. The summed E-state index contributed by atoms with van der Waals surface area (Å²) in [4.78, 5) is 25.7. The summed E-state index contributed by atoms with van der Waals surface area (Å²) in [5.74, 6) is -0.133. The molecule has 0 saturated carbocycles. The number of likely N-dealkylation sites (tertiary alicyclic amines) is 1. The van der Waals surface area contributed by atoms with E-state index in [-0.39, 0.29) is 12.5 Å². The highest BCUT2D eigenvalue weighted by Gasteiger charge is 2.26. The lowest BCUT2D eigenvalue weighted by Crippen LogP contribution is -2.45. The molecule has 0 bridgehead atoms. The number of ether oxygens (including phenoxy) is 1. The molecule has 0 aliphatic carbocycles. The summed E-state index contributed by atoms with van der Waals surface area (Å²) in [6, 6.07) is 5.95. The number of esters is 1. The molecule has 8 heteroatoms. The molecular formula is C17H24N2O5S. The van der Waals surface area contributed by atoms with Gasteiger partial charge in [0.1, 0.15) is 6.54 Å². The maximum Gasteiger partial charge on any atom is 0.337 e. The number of anilines is 1. The number of benzene rings is 1. The predicted octanol–water partition coefficient (Wildman–Crippen LogP) is 1.50. The fraction of sp³-hybridized carbons (Fsp3) is 0.529. The molecule has 1 heterocycles. The van der Waals surface area contributed by atoms with E-state index >= 15 is 0 Å². The quantitative estimate of drug-likeness (QED) is 0.736. The zero-order valence-electron chi connectivity index (χ0n) is 14.8. The maximum atomic E-state index is 12.5. The Morgan fingerprint density at radius 3 is 2.24 bits per heavy atom. The Kier molecular flexibility index (Phi) is 6.05. The van der Waals surface area contributed by atoms with Crippen LogP contribution < -0.4 is 4.31 Å². The van der Waals surface area contributed by atoms with Gasteiger partial charge in [-0.2, -0.15) is 0 Å². The molecule has 138 valence electrons. The summed E-state index contributed by atoms with van der Waals surface area (Å²) in [6.45, 7) is 3.20. The molecule has 0 radical (unpaired) electrons. The van der Waals surface area contributed by atoms with E-state index in [1.165, 1.54) is 31.4 Å². The number of piperidine rings is 1. The Balaban J connectivity index is 2.17. The zero-order valence-corrected chi connectivity index (χ0v) is 15.6. The van der Waals surface area contributed by atoms with Crippen molar-refractivity contribution in [1.82, 2.24) is 4.90 Å². The lowest BCUT2D eigenvalue weighted by Gasteiger charge is -2.32. The van der Waals surface area contributed by atoms with E-state index in [2.05, 4.69) is 11.7 Å². The highest BCUT2D eigenvalue weighted by atomic mass is 32.2. The number of carbonyl (C=O) groups is 2. The maximum absolute atomic E-state index is 12.5. The molecule has 0 atom stereocenters. The van der Waals surface area contributed by atoms with Crippen molar-refractivity contribution >= 4 is 27.6 Å². The summed E-state index contributed by atoms with van der Waals surface area (Å²) < 4.78 is 30.0. The Bertz CT molecular complexity index is 722. The van der Waals surface area contributed by atoms with E-state index in [1.807, 2.05) is 0 Å². The highest BCUT2D eigenvalue weighted by Crippen LogP contribution is 2.21. The molecular weight excluding hydrogens is 344 g/mol. The van der Waals surface area contributed by atoms with Crippen LogP contribution >= 0.6 is 0 Å². The molecule has 1 amide bonds. The van der Waals surface area contributed by atoms with Crippen molar-refractivity contribution in [2.45, 2.75) is 19.8 Å². The predicted molar refractivity (Wildman–Crippen MR) is 94.9 cm³/mol. The standard InChI is InChI=1S/C17H24N2O5S/c1-13-8-10-18(11-9-13)16(20)12-19(25(3,22)23)15-6-4-14(5-7-15)17(21)24-2/h4-7,13H,8-12H2,1-3H3. The minimum atomic E-state index is -3.63. The topological polar surface area (TPSA) is 84.0 Å². The van der Waals surface area contributed by atoms with Crippen LogP contribution in [0.1, 0.15) is 30.1 Å². The first kappa shape index (κ1) is 19.2. The number of carbonyl (C=O) groups excluding carboxylic acids is 2. The van der Waals surface area contributed by atoms with Gasteiger partial charge in [-0.05, 0) is 43.0 Å². The normalized spacial score (nSPS) is 15.7. The van der Waals surface area contributed by atoms with Crippen molar-refractivity contribution in [3.05, 3.63) is 29.8 Å². The number of sulfonamides is 1. The first-order chi connectivity index (χ1) is 11.7. The summed E-state index contributed by atoms with van der Waals surface area (Å²) in [5.41, 5.74) is 0.657. The van der Waals surface area contributed by atoms with Crippen molar-refractivity contribution < 1.29 is 22.7 Å². The number of methoxy groups -OCH3 is 1. The van der Waals surface area contributed by atoms with E-state index in [0.717, 1.165) is 23.4 Å². The summed E-state index contributed by atoms with van der Waals surface area (Å²) >= 11 is 0. The zero-order chi connectivity index (χ0) is 18.6. The van der Waals surface area contributed by atoms with Crippen molar-refractivity contribution in [3.63, 3.8) is 0 Å². The van der Waals surface area contributed by atoms with Gasteiger partial charge >= 0.3 is 5.97 Å². The Morgan fingerprint density at radius 2 is 1.76 bits per heavy atom. The Morgan fingerprint density at radius 1 is 1.20 bits per heavy atom. The molecule has 1 aliphatic heterocycles. The van der Waals surface area contributed by atoms with Crippen LogP contribution in [0.2, 0.25) is 0 Å². The van der Waals surface area contributed by atoms with E-state index < -0.39 is 16.0 Å². The van der Waals surface area contributed by atoms with Crippen LogP contribution in [-0.4, -0.2) is 58.2 Å². The van der Waals surface area contributed by atoms with Crippen LogP contribution in [0.3, 0.4) is 0 Å². The number of rotatable bonds is 5. The molecule has 1 aliphatic rings. The van der Waals surface area contributed by atoms with Gasteiger partial charge in [-0.15, -0.1) is 0 Å². The Hall–Kier alpha value is -2.09. The lowest BCUT2D eigenvalue weighted by molar-refractivity contribution is -0.130. The molecule has 7 nitrogen and oxygen atoms in total. The van der Waals surface area contributed by atoms with Gasteiger partial charge in [0.25, 0.3) is 0 Å². The van der Waals surface area contributed by atoms with Crippen LogP contribution in [0.25, 0.3) is 0 Å². The molecule has 1 saturated heterocycles. The fourth-order valence-electron chi connectivity index (χ4n) is 2.76. The Labute approximate surface area is 148 Å². The molecule has 0 aromatic heterocycles. The van der Waals surface area contributed by atoms with Crippen molar-refractivity contribution in [2.75, 3.05) is 37.3 Å². The van der Waals surface area contributed by atoms with E-state index in [4.69, 9.17) is 0 Å². The summed E-state index contributed by atoms with van der Waals surface area (Å²) in [5, 5.41) is 0. The van der Waals surface area contributed by atoms with Gasteiger partial charge in [-0.25, -0.2) is 13.2 Å². The van der Waals surface area contributed by atoms with Crippen molar-refractivity contribution in [1.29, 1.82) is 0 Å².